The van der Waals surface area contributed by atoms with Gasteiger partial charge in [-0.25, -0.2) is 9.18 Å². The minimum atomic E-state index is -4.66. The van der Waals surface area contributed by atoms with Crippen molar-refractivity contribution in [3.8, 4) is 23.0 Å². The maximum atomic E-state index is 13.8. The Balaban J connectivity index is 1.38. The standard InChI is InChI=1S/C22H16F4N2O4/c23-17-7-1-13(22(24,25)26)11-18(17)28-21(29)27-14-2-4-15(5-3-14)32-16-6-8-19-20(12-16)31-10-9-30-19/h1-8,11-12H,9-10H2,(H2,27,28,29). The van der Waals surface area contributed by atoms with Gasteiger partial charge in [-0.2, -0.15) is 13.2 Å². The molecule has 0 aromatic heterocycles. The van der Waals surface area contributed by atoms with Crippen LogP contribution in [0.5, 0.6) is 23.0 Å². The topological polar surface area (TPSA) is 68.8 Å². The summed E-state index contributed by atoms with van der Waals surface area (Å²) in [5.74, 6) is 1.21. The van der Waals surface area contributed by atoms with Gasteiger partial charge in [0.25, 0.3) is 0 Å². The van der Waals surface area contributed by atoms with Crippen molar-refractivity contribution in [2.24, 2.45) is 0 Å². The van der Waals surface area contributed by atoms with Crippen molar-refractivity contribution in [1.82, 2.24) is 0 Å². The first-order chi connectivity index (χ1) is 15.3. The smallest absolute Gasteiger partial charge is 0.416 e. The Morgan fingerprint density at radius 2 is 1.53 bits per heavy atom. The molecule has 166 valence electrons. The van der Waals surface area contributed by atoms with E-state index in [0.717, 1.165) is 0 Å². The van der Waals surface area contributed by atoms with E-state index in [-0.39, 0.29) is 0 Å². The summed E-state index contributed by atoms with van der Waals surface area (Å²) in [5.41, 5.74) is -1.34. The SMILES string of the molecule is O=C(Nc1ccc(Oc2ccc3c(c2)OCCO3)cc1)Nc1cc(C(F)(F)F)ccc1F. The second kappa shape index (κ2) is 8.66. The number of nitrogens with one attached hydrogen (secondary N) is 2. The Bertz CT molecular complexity index is 1130. The average molecular weight is 448 g/mol. The summed E-state index contributed by atoms with van der Waals surface area (Å²) in [6, 6.07) is 12.2. The lowest BCUT2D eigenvalue weighted by atomic mass is 10.2. The molecule has 0 aliphatic carbocycles. The van der Waals surface area contributed by atoms with Crippen molar-refractivity contribution in [1.29, 1.82) is 0 Å². The number of urea groups is 1. The van der Waals surface area contributed by atoms with Gasteiger partial charge < -0.3 is 24.8 Å². The van der Waals surface area contributed by atoms with Crippen molar-refractivity contribution < 1.29 is 36.6 Å². The number of hydrogen-bond donors (Lipinski definition) is 2. The van der Waals surface area contributed by atoms with Crippen LogP contribution in [-0.2, 0) is 6.18 Å². The summed E-state index contributed by atoms with van der Waals surface area (Å²) < 4.78 is 68.8. The van der Waals surface area contributed by atoms with Gasteiger partial charge in [0, 0.05) is 11.8 Å². The van der Waals surface area contributed by atoms with E-state index in [0.29, 0.717) is 60.1 Å². The van der Waals surface area contributed by atoms with E-state index in [1.807, 2.05) is 0 Å². The highest BCUT2D eigenvalue weighted by atomic mass is 19.4. The second-order valence-corrected chi connectivity index (χ2v) is 6.70. The summed E-state index contributed by atoms with van der Waals surface area (Å²) in [7, 11) is 0. The van der Waals surface area contributed by atoms with E-state index in [1.54, 1.807) is 30.3 Å². The third-order valence-electron chi connectivity index (χ3n) is 4.40. The zero-order chi connectivity index (χ0) is 22.7. The number of ether oxygens (including phenoxy) is 3. The maximum absolute atomic E-state index is 13.8. The number of carbonyl (C=O) groups excluding carboxylic acids is 1. The first-order valence-electron chi connectivity index (χ1n) is 9.40. The molecule has 0 atom stereocenters. The van der Waals surface area contributed by atoms with Gasteiger partial charge in [-0.3, -0.25) is 0 Å². The molecule has 0 fully saturated rings. The predicted octanol–water partition coefficient (Wildman–Crippen LogP) is 6.05. The lowest BCUT2D eigenvalue weighted by Gasteiger charge is -2.18. The van der Waals surface area contributed by atoms with Gasteiger partial charge in [0.2, 0.25) is 0 Å². The van der Waals surface area contributed by atoms with E-state index in [2.05, 4.69) is 10.6 Å². The molecule has 0 bridgehead atoms. The fourth-order valence-corrected chi connectivity index (χ4v) is 2.91. The van der Waals surface area contributed by atoms with Crippen LogP contribution < -0.4 is 24.8 Å². The number of alkyl halides is 3. The number of hydrogen-bond acceptors (Lipinski definition) is 4. The van der Waals surface area contributed by atoms with E-state index in [9.17, 15) is 22.4 Å². The molecule has 1 aliphatic rings. The number of halogens is 4. The normalized spacial score (nSPS) is 12.8. The summed E-state index contributed by atoms with van der Waals surface area (Å²) in [6.07, 6.45) is -4.66. The number of anilines is 2. The van der Waals surface area contributed by atoms with Crippen LogP contribution in [-0.4, -0.2) is 19.2 Å². The Morgan fingerprint density at radius 1 is 0.844 bits per heavy atom. The van der Waals surface area contributed by atoms with Crippen LogP contribution in [0.2, 0.25) is 0 Å². The second-order valence-electron chi connectivity index (χ2n) is 6.70. The molecular formula is C22H16F4N2O4. The van der Waals surface area contributed by atoms with E-state index < -0.39 is 29.3 Å². The highest BCUT2D eigenvalue weighted by Gasteiger charge is 2.31. The Morgan fingerprint density at radius 3 is 2.25 bits per heavy atom. The molecule has 1 heterocycles. The highest BCUT2D eigenvalue weighted by Crippen LogP contribution is 2.35. The summed E-state index contributed by atoms with van der Waals surface area (Å²) >= 11 is 0. The predicted molar refractivity (Wildman–Crippen MR) is 108 cm³/mol. The Kier molecular flexibility index (Phi) is 5.76. The quantitative estimate of drug-likeness (QED) is 0.477. The van der Waals surface area contributed by atoms with Crippen LogP contribution in [0.15, 0.2) is 60.7 Å². The highest BCUT2D eigenvalue weighted by molar-refractivity contribution is 5.99. The number of amides is 2. The fourth-order valence-electron chi connectivity index (χ4n) is 2.91. The molecule has 0 saturated heterocycles. The molecule has 1 aliphatic heterocycles. The molecule has 0 spiro atoms. The molecule has 10 heteroatoms. The van der Waals surface area contributed by atoms with Gasteiger partial charge in [-0.15, -0.1) is 0 Å². The Hall–Kier alpha value is -3.95. The lowest BCUT2D eigenvalue weighted by molar-refractivity contribution is -0.137. The average Bonchev–Trinajstić information content (AvgIpc) is 2.76. The van der Waals surface area contributed by atoms with E-state index >= 15 is 0 Å². The first kappa shape index (κ1) is 21.3. The minimum absolute atomic E-state index is 0.324. The van der Waals surface area contributed by atoms with E-state index in [4.69, 9.17) is 14.2 Å². The molecule has 32 heavy (non-hydrogen) atoms. The van der Waals surface area contributed by atoms with Crippen LogP contribution in [0.25, 0.3) is 0 Å². The molecular weight excluding hydrogens is 432 g/mol. The van der Waals surface area contributed by atoms with Crippen LogP contribution in [0.1, 0.15) is 5.56 Å². The molecule has 3 aromatic carbocycles. The van der Waals surface area contributed by atoms with Crippen molar-refractivity contribution in [3.63, 3.8) is 0 Å². The van der Waals surface area contributed by atoms with Crippen LogP contribution in [0.4, 0.5) is 33.7 Å². The summed E-state index contributed by atoms with van der Waals surface area (Å²) in [5, 5.41) is 4.49. The van der Waals surface area contributed by atoms with Gasteiger partial charge in [-0.05, 0) is 54.6 Å². The fraction of sp³-hybridized carbons (Fsp3) is 0.136. The zero-order valence-electron chi connectivity index (χ0n) is 16.3. The monoisotopic (exact) mass is 448 g/mol. The van der Waals surface area contributed by atoms with Gasteiger partial charge in [0.1, 0.15) is 30.5 Å². The molecule has 0 radical (unpaired) electrons. The molecule has 0 unspecified atom stereocenters. The third-order valence-corrected chi connectivity index (χ3v) is 4.40. The minimum Gasteiger partial charge on any atom is -0.486 e. The molecule has 0 saturated carbocycles. The molecule has 2 amide bonds. The van der Waals surface area contributed by atoms with Crippen LogP contribution in [0.3, 0.4) is 0 Å². The maximum Gasteiger partial charge on any atom is 0.416 e. The number of benzene rings is 3. The lowest BCUT2D eigenvalue weighted by Crippen LogP contribution is -2.20. The van der Waals surface area contributed by atoms with Gasteiger partial charge in [0.05, 0.1) is 11.3 Å². The number of rotatable bonds is 4. The van der Waals surface area contributed by atoms with Crippen molar-refractivity contribution in [2.75, 3.05) is 23.8 Å². The number of carbonyl (C=O) groups is 1. The van der Waals surface area contributed by atoms with Crippen molar-refractivity contribution in [2.45, 2.75) is 6.18 Å². The molecule has 4 rings (SSSR count). The van der Waals surface area contributed by atoms with Crippen LogP contribution in [0, 0.1) is 5.82 Å². The number of fused-ring (bicyclic) bond motifs is 1. The zero-order valence-corrected chi connectivity index (χ0v) is 16.3. The van der Waals surface area contributed by atoms with Gasteiger partial charge in [0.15, 0.2) is 11.5 Å². The van der Waals surface area contributed by atoms with Gasteiger partial charge >= 0.3 is 12.2 Å². The van der Waals surface area contributed by atoms with Crippen LogP contribution >= 0.6 is 0 Å². The molecule has 2 N–H and O–H groups in total. The summed E-state index contributed by atoms with van der Waals surface area (Å²) in [6.45, 7) is 0.929. The molecule has 6 nitrogen and oxygen atoms in total. The summed E-state index contributed by atoms with van der Waals surface area (Å²) in [4.78, 5) is 12.1. The largest absolute Gasteiger partial charge is 0.486 e. The Labute approximate surface area is 179 Å². The first-order valence-corrected chi connectivity index (χ1v) is 9.40. The van der Waals surface area contributed by atoms with Crippen molar-refractivity contribution in [3.05, 3.63) is 72.0 Å². The molecule has 3 aromatic rings. The van der Waals surface area contributed by atoms with Gasteiger partial charge in [-0.1, -0.05) is 0 Å². The van der Waals surface area contributed by atoms with Crippen molar-refractivity contribution >= 4 is 17.4 Å². The third kappa shape index (κ3) is 5.02. The van der Waals surface area contributed by atoms with E-state index in [1.165, 1.54) is 12.1 Å².